The molecule has 0 aliphatic rings. The first kappa shape index (κ1) is 17.2. The molecule has 2 rings (SSSR count). The minimum Gasteiger partial charge on any atom is -0.332 e. The molecule has 2 N–H and O–H groups in total. The molecule has 8 heteroatoms. The van der Waals surface area contributed by atoms with Crippen LogP contribution in [0.2, 0.25) is 0 Å². The number of hydrogen-bond donors (Lipinski definition) is 2. The summed E-state index contributed by atoms with van der Waals surface area (Å²) in [6, 6.07) is 11.3. The van der Waals surface area contributed by atoms with Gasteiger partial charge in [0, 0.05) is 23.9 Å². The van der Waals surface area contributed by atoms with E-state index >= 15 is 0 Å². The van der Waals surface area contributed by atoms with Crippen LogP contribution in [0.5, 0.6) is 0 Å². The van der Waals surface area contributed by atoms with Crippen LogP contribution in [0.1, 0.15) is 5.56 Å². The van der Waals surface area contributed by atoms with Crippen molar-refractivity contribution in [3.8, 4) is 0 Å². The van der Waals surface area contributed by atoms with Gasteiger partial charge in [0.15, 0.2) is 5.11 Å². The zero-order chi connectivity index (χ0) is 17.5. The van der Waals surface area contributed by atoms with Crippen molar-refractivity contribution in [2.75, 3.05) is 5.32 Å². The van der Waals surface area contributed by atoms with Gasteiger partial charge in [-0.3, -0.25) is 20.2 Å². The largest absolute Gasteiger partial charge is 0.332 e. The number of halogens is 1. The number of carbonyl (C=O) groups is 1. The highest BCUT2D eigenvalue weighted by Gasteiger charge is 2.07. The fraction of sp³-hybridized carbons (Fsp3) is 0. The number of nitro benzene ring substituents is 1. The summed E-state index contributed by atoms with van der Waals surface area (Å²) in [4.78, 5) is 21.9. The smallest absolute Gasteiger partial charge is 0.271 e. The standard InChI is InChI=1S/C16H12FN3O3S/c17-12-7-4-11(5-8-12)6-9-15(21)19-16(24)18-13-2-1-3-14(10-13)20(22)23/h1-10H,(H2,18,19,21,24). The monoisotopic (exact) mass is 345 g/mol. The molecule has 0 bridgehead atoms. The Labute approximate surface area is 142 Å². The summed E-state index contributed by atoms with van der Waals surface area (Å²) in [5, 5.41) is 15.8. The Morgan fingerprint density at radius 3 is 2.58 bits per heavy atom. The maximum absolute atomic E-state index is 12.8. The highest BCUT2D eigenvalue weighted by molar-refractivity contribution is 7.80. The van der Waals surface area contributed by atoms with Gasteiger partial charge in [-0.25, -0.2) is 4.39 Å². The Kier molecular flexibility index (Phi) is 5.69. The van der Waals surface area contributed by atoms with E-state index in [2.05, 4.69) is 10.6 Å². The zero-order valence-corrected chi connectivity index (χ0v) is 13.0. The molecule has 0 fully saturated rings. The van der Waals surface area contributed by atoms with Crippen LogP contribution in [0.4, 0.5) is 15.8 Å². The van der Waals surface area contributed by atoms with Crippen LogP contribution in [-0.2, 0) is 4.79 Å². The lowest BCUT2D eigenvalue weighted by molar-refractivity contribution is -0.384. The second-order valence-electron chi connectivity index (χ2n) is 4.64. The normalized spacial score (nSPS) is 10.4. The van der Waals surface area contributed by atoms with Crippen molar-refractivity contribution < 1.29 is 14.1 Å². The molecule has 2 aromatic rings. The number of rotatable bonds is 4. The van der Waals surface area contributed by atoms with Crippen LogP contribution in [0.15, 0.2) is 54.6 Å². The summed E-state index contributed by atoms with van der Waals surface area (Å²) < 4.78 is 12.8. The van der Waals surface area contributed by atoms with Crippen LogP contribution in [0, 0.1) is 15.9 Å². The van der Waals surface area contributed by atoms with Crippen molar-refractivity contribution >= 4 is 40.7 Å². The molecule has 122 valence electrons. The lowest BCUT2D eigenvalue weighted by Crippen LogP contribution is -2.32. The Balaban J connectivity index is 1.92. The van der Waals surface area contributed by atoms with Crippen LogP contribution >= 0.6 is 12.2 Å². The second kappa shape index (κ2) is 7.93. The SMILES string of the molecule is O=C(C=Cc1ccc(F)cc1)NC(=S)Nc1cccc([N+](=O)[O-])c1. The Hall–Kier alpha value is -3.13. The quantitative estimate of drug-likeness (QED) is 0.385. The van der Waals surface area contributed by atoms with E-state index < -0.39 is 10.8 Å². The van der Waals surface area contributed by atoms with Crippen molar-refractivity contribution in [3.63, 3.8) is 0 Å². The molecule has 0 heterocycles. The maximum Gasteiger partial charge on any atom is 0.271 e. The average Bonchev–Trinajstić information content (AvgIpc) is 2.54. The van der Waals surface area contributed by atoms with Gasteiger partial charge in [-0.2, -0.15) is 0 Å². The molecule has 0 saturated heterocycles. The summed E-state index contributed by atoms with van der Waals surface area (Å²) in [6.45, 7) is 0. The molecule has 1 amide bonds. The molecular formula is C16H12FN3O3S. The van der Waals surface area contributed by atoms with Gasteiger partial charge in [-0.1, -0.05) is 18.2 Å². The Morgan fingerprint density at radius 1 is 1.21 bits per heavy atom. The molecule has 2 aromatic carbocycles. The van der Waals surface area contributed by atoms with Crippen molar-refractivity contribution in [1.29, 1.82) is 0 Å². The van der Waals surface area contributed by atoms with Crippen molar-refractivity contribution in [1.82, 2.24) is 5.32 Å². The number of nitro groups is 1. The third-order valence-electron chi connectivity index (χ3n) is 2.85. The first-order valence-corrected chi connectivity index (χ1v) is 7.15. The molecule has 0 radical (unpaired) electrons. The number of non-ortho nitro benzene ring substituents is 1. The number of carbonyl (C=O) groups excluding carboxylic acids is 1. The minimum atomic E-state index is -0.530. The number of thiocarbonyl (C=S) groups is 1. The molecular weight excluding hydrogens is 333 g/mol. The lowest BCUT2D eigenvalue weighted by Gasteiger charge is -2.07. The number of nitrogens with zero attached hydrogens (tertiary/aromatic N) is 1. The van der Waals surface area contributed by atoms with E-state index in [0.29, 0.717) is 11.3 Å². The van der Waals surface area contributed by atoms with Gasteiger partial charge in [-0.15, -0.1) is 0 Å². The Bertz CT molecular complexity index is 806. The van der Waals surface area contributed by atoms with Crippen LogP contribution in [-0.4, -0.2) is 15.9 Å². The van der Waals surface area contributed by atoms with Crippen LogP contribution < -0.4 is 10.6 Å². The zero-order valence-electron chi connectivity index (χ0n) is 12.2. The van der Waals surface area contributed by atoms with Gasteiger partial charge in [0.05, 0.1) is 4.92 Å². The van der Waals surface area contributed by atoms with E-state index in [1.54, 1.807) is 6.07 Å². The summed E-state index contributed by atoms with van der Waals surface area (Å²) in [5.41, 5.74) is 0.950. The highest BCUT2D eigenvalue weighted by atomic mass is 32.1. The number of benzene rings is 2. The van der Waals surface area contributed by atoms with E-state index in [1.165, 1.54) is 54.6 Å². The third-order valence-corrected chi connectivity index (χ3v) is 3.05. The Morgan fingerprint density at radius 2 is 1.92 bits per heavy atom. The fourth-order valence-electron chi connectivity index (χ4n) is 1.76. The van der Waals surface area contributed by atoms with E-state index in [0.717, 1.165) is 0 Å². The number of amides is 1. The molecule has 0 atom stereocenters. The first-order chi connectivity index (χ1) is 11.4. The summed E-state index contributed by atoms with van der Waals surface area (Å²) >= 11 is 4.97. The predicted molar refractivity (Wildman–Crippen MR) is 92.9 cm³/mol. The van der Waals surface area contributed by atoms with Crippen LogP contribution in [0.3, 0.4) is 0 Å². The summed E-state index contributed by atoms with van der Waals surface area (Å²) in [6.07, 6.45) is 2.75. The third kappa shape index (κ3) is 5.25. The molecule has 0 saturated carbocycles. The van der Waals surface area contributed by atoms with E-state index in [1.807, 2.05) is 0 Å². The maximum atomic E-state index is 12.8. The van der Waals surface area contributed by atoms with Gasteiger partial charge < -0.3 is 5.32 Å². The molecule has 24 heavy (non-hydrogen) atoms. The topological polar surface area (TPSA) is 84.3 Å². The van der Waals surface area contributed by atoms with E-state index in [4.69, 9.17) is 12.2 Å². The minimum absolute atomic E-state index is 0.00394. The van der Waals surface area contributed by atoms with Gasteiger partial charge in [-0.05, 0) is 42.1 Å². The highest BCUT2D eigenvalue weighted by Crippen LogP contribution is 2.16. The van der Waals surface area contributed by atoms with Gasteiger partial charge in [0.1, 0.15) is 5.82 Å². The summed E-state index contributed by atoms with van der Waals surface area (Å²) in [5.74, 6) is -0.846. The van der Waals surface area contributed by atoms with Crippen molar-refractivity contribution in [2.24, 2.45) is 0 Å². The average molecular weight is 345 g/mol. The summed E-state index contributed by atoms with van der Waals surface area (Å²) in [7, 11) is 0. The van der Waals surface area contributed by atoms with Gasteiger partial charge in [0.2, 0.25) is 5.91 Å². The van der Waals surface area contributed by atoms with E-state index in [-0.39, 0.29) is 16.6 Å². The number of anilines is 1. The van der Waals surface area contributed by atoms with Crippen molar-refractivity contribution in [2.45, 2.75) is 0 Å². The lowest BCUT2D eigenvalue weighted by atomic mass is 10.2. The molecule has 0 aliphatic heterocycles. The van der Waals surface area contributed by atoms with Crippen LogP contribution in [0.25, 0.3) is 6.08 Å². The van der Waals surface area contributed by atoms with E-state index in [9.17, 15) is 19.3 Å². The van der Waals surface area contributed by atoms with Gasteiger partial charge >= 0.3 is 0 Å². The molecule has 0 unspecified atom stereocenters. The molecule has 0 aliphatic carbocycles. The predicted octanol–water partition coefficient (Wildman–Crippen LogP) is 3.26. The number of nitrogens with one attached hydrogen (secondary N) is 2. The molecule has 0 spiro atoms. The van der Waals surface area contributed by atoms with Gasteiger partial charge in [0.25, 0.3) is 5.69 Å². The first-order valence-electron chi connectivity index (χ1n) is 6.74. The second-order valence-corrected chi connectivity index (χ2v) is 5.04. The molecule has 0 aromatic heterocycles. The van der Waals surface area contributed by atoms with Crippen molar-refractivity contribution in [3.05, 3.63) is 76.1 Å². The molecule has 6 nitrogen and oxygen atoms in total. The number of hydrogen-bond acceptors (Lipinski definition) is 4. The fourth-order valence-corrected chi connectivity index (χ4v) is 1.98.